The summed E-state index contributed by atoms with van der Waals surface area (Å²) in [6.45, 7) is 3.54. The van der Waals surface area contributed by atoms with Gasteiger partial charge in [-0.15, -0.1) is 0 Å². The Hall–Kier alpha value is -2.51. The fourth-order valence-corrected chi connectivity index (χ4v) is 5.10. The van der Waals surface area contributed by atoms with Crippen LogP contribution in [0.1, 0.15) is 49.9 Å². The van der Waals surface area contributed by atoms with E-state index in [1.165, 1.54) is 6.20 Å². The molecule has 170 valence electrons. The predicted molar refractivity (Wildman–Crippen MR) is 124 cm³/mol. The predicted octanol–water partition coefficient (Wildman–Crippen LogP) is 4.28. The largest absolute Gasteiger partial charge is 0.476 e. The van der Waals surface area contributed by atoms with Crippen molar-refractivity contribution < 1.29 is 14.3 Å². The monoisotopic (exact) mass is 476 g/mol. The van der Waals surface area contributed by atoms with Crippen LogP contribution in [0.5, 0.6) is 5.75 Å². The van der Waals surface area contributed by atoms with E-state index >= 15 is 0 Å². The highest BCUT2D eigenvalue weighted by atomic mass is 35.5. The molecule has 2 fully saturated rings. The normalized spacial score (nSPS) is 22.5. The zero-order chi connectivity index (χ0) is 23.0. The Bertz CT molecular complexity index is 1010. The zero-order valence-electron chi connectivity index (χ0n) is 18.0. The fourth-order valence-electron chi connectivity index (χ4n) is 4.65. The van der Waals surface area contributed by atoms with Gasteiger partial charge in [-0.2, -0.15) is 0 Å². The van der Waals surface area contributed by atoms with E-state index < -0.39 is 11.5 Å². The minimum Gasteiger partial charge on any atom is -0.476 e. The number of pyridine rings is 1. The number of piperidine rings is 1. The first-order chi connectivity index (χ1) is 15.1. The summed E-state index contributed by atoms with van der Waals surface area (Å²) in [7, 11) is 0. The van der Waals surface area contributed by atoms with E-state index in [0.717, 1.165) is 25.7 Å². The molecule has 0 radical (unpaired) electrons. The molecule has 4 rings (SSSR count). The van der Waals surface area contributed by atoms with Crippen LogP contribution in [0, 0.1) is 0 Å². The average Bonchev–Trinajstić information content (AvgIpc) is 3.00. The van der Waals surface area contributed by atoms with Gasteiger partial charge in [0.1, 0.15) is 11.6 Å². The molecule has 1 aromatic carbocycles. The van der Waals surface area contributed by atoms with Crippen molar-refractivity contribution in [2.75, 3.05) is 5.32 Å². The zero-order valence-corrected chi connectivity index (χ0v) is 19.5. The third-order valence-corrected chi connectivity index (χ3v) is 6.67. The maximum Gasteiger partial charge on any atom is 0.266 e. The highest BCUT2D eigenvalue weighted by Gasteiger charge is 2.48. The molecule has 3 N–H and O–H groups in total. The van der Waals surface area contributed by atoms with Gasteiger partial charge in [0.15, 0.2) is 5.60 Å². The van der Waals surface area contributed by atoms with Crippen LogP contribution in [0.25, 0.3) is 0 Å². The van der Waals surface area contributed by atoms with Crippen LogP contribution in [0.15, 0.2) is 36.5 Å². The number of anilines is 1. The number of amides is 2. The molecular weight excluding hydrogens is 451 g/mol. The Morgan fingerprint density at radius 2 is 1.84 bits per heavy atom. The van der Waals surface area contributed by atoms with E-state index in [1.54, 1.807) is 44.2 Å². The molecule has 2 aliphatic rings. The number of hydrogen-bond acceptors (Lipinski definition) is 5. The lowest BCUT2D eigenvalue weighted by Gasteiger charge is -2.42. The molecule has 2 aromatic rings. The van der Waals surface area contributed by atoms with Gasteiger partial charge in [-0.3, -0.25) is 9.59 Å². The molecule has 7 nitrogen and oxygen atoms in total. The number of primary amides is 1. The van der Waals surface area contributed by atoms with E-state index in [-0.39, 0.29) is 24.0 Å². The van der Waals surface area contributed by atoms with Crippen molar-refractivity contribution in [3.05, 3.63) is 52.1 Å². The number of nitrogens with one attached hydrogen (secondary N) is 1. The van der Waals surface area contributed by atoms with Gasteiger partial charge in [0, 0.05) is 29.3 Å². The van der Waals surface area contributed by atoms with E-state index in [4.69, 9.17) is 33.7 Å². The third kappa shape index (κ3) is 4.64. The van der Waals surface area contributed by atoms with E-state index in [9.17, 15) is 9.59 Å². The number of hydrogen-bond donors (Lipinski definition) is 2. The summed E-state index contributed by atoms with van der Waals surface area (Å²) >= 11 is 12.2. The maximum atomic E-state index is 13.5. The first-order valence-corrected chi connectivity index (χ1v) is 11.4. The van der Waals surface area contributed by atoms with E-state index in [1.807, 2.05) is 4.90 Å². The first kappa shape index (κ1) is 22.7. The summed E-state index contributed by atoms with van der Waals surface area (Å²) in [6.07, 6.45) is 5.03. The lowest BCUT2D eigenvalue weighted by atomic mass is 9.94. The SMILES string of the molecule is CC(C)(Oc1ccc(Cl)cc1Cl)C(=O)N1[C@@H]2CC[C@H]1C[C@@H](Nc1ccc(C(N)=O)cn1)C2. The Morgan fingerprint density at radius 3 is 2.41 bits per heavy atom. The first-order valence-electron chi connectivity index (χ1n) is 10.6. The van der Waals surface area contributed by atoms with Crippen molar-refractivity contribution in [1.82, 2.24) is 9.88 Å². The topological polar surface area (TPSA) is 97.5 Å². The molecule has 2 bridgehead atoms. The Balaban J connectivity index is 1.42. The number of nitrogens with two attached hydrogens (primary N) is 1. The molecule has 1 aromatic heterocycles. The van der Waals surface area contributed by atoms with Crippen molar-refractivity contribution in [1.29, 1.82) is 0 Å². The smallest absolute Gasteiger partial charge is 0.266 e. The maximum absolute atomic E-state index is 13.5. The number of benzene rings is 1. The number of ether oxygens (including phenoxy) is 1. The summed E-state index contributed by atoms with van der Waals surface area (Å²) in [5, 5.41) is 4.32. The van der Waals surface area contributed by atoms with Gasteiger partial charge in [-0.1, -0.05) is 23.2 Å². The van der Waals surface area contributed by atoms with Gasteiger partial charge in [-0.05, 0) is 69.9 Å². The van der Waals surface area contributed by atoms with Gasteiger partial charge >= 0.3 is 0 Å². The molecule has 3 heterocycles. The molecule has 0 unspecified atom stereocenters. The number of aromatic nitrogens is 1. The summed E-state index contributed by atoms with van der Waals surface area (Å²) in [6, 6.07) is 8.84. The summed E-state index contributed by atoms with van der Waals surface area (Å²) in [5.74, 6) is 0.584. The molecule has 2 aliphatic heterocycles. The van der Waals surface area contributed by atoms with Gasteiger partial charge in [0.05, 0.1) is 10.6 Å². The van der Waals surface area contributed by atoms with Crippen LogP contribution in [-0.4, -0.2) is 45.4 Å². The van der Waals surface area contributed by atoms with Crippen molar-refractivity contribution >= 4 is 40.8 Å². The van der Waals surface area contributed by atoms with Crippen LogP contribution in [0.2, 0.25) is 10.0 Å². The molecule has 9 heteroatoms. The van der Waals surface area contributed by atoms with Gasteiger partial charge in [-0.25, -0.2) is 4.98 Å². The number of rotatable bonds is 6. The molecule has 32 heavy (non-hydrogen) atoms. The van der Waals surface area contributed by atoms with Crippen molar-refractivity contribution in [2.45, 2.75) is 63.3 Å². The minimum absolute atomic E-state index is 0.0431. The lowest BCUT2D eigenvalue weighted by molar-refractivity contribution is -0.150. The van der Waals surface area contributed by atoms with E-state index in [2.05, 4.69) is 10.3 Å². The average molecular weight is 477 g/mol. The lowest BCUT2D eigenvalue weighted by Crippen LogP contribution is -2.57. The Labute approximate surface area is 197 Å². The van der Waals surface area contributed by atoms with Crippen LogP contribution < -0.4 is 15.8 Å². The summed E-state index contributed by atoms with van der Waals surface area (Å²) in [5.41, 5.74) is 4.58. The second-order valence-corrected chi connectivity index (χ2v) is 9.74. The molecule has 0 saturated carbocycles. The molecule has 2 saturated heterocycles. The summed E-state index contributed by atoms with van der Waals surface area (Å²) in [4.78, 5) is 31.0. The number of carbonyl (C=O) groups is 2. The number of carbonyl (C=O) groups excluding carboxylic acids is 2. The van der Waals surface area contributed by atoms with Crippen molar-refractivity contribution in [3.8, 4) is 5.75 Å². The molecule has 2 amide bonds. The Morgan fingerprint density at radius 1 is 1.16 bits per heavy atom. The molecule has 3 atom stereocenters. The van der Waals surface area contributed by atoms with Crippen molar-refractivity contribution in [2.24, 2.45) is 5.73 Å². The quantitative estimate of drug-likeness (QED) is 0.648. The molecular formula is C23H26Cl2N4O3. The Kier molecular flexibility index (Phi) is 6.23. The third-order valence-electron chi connectivity index (χ3n) is 6.14. The van der Waals surface area contributed by atoms with E-state index in [0.29, 0.717) is 27.2 Å². The van der Waals surface area contributed by atoms with Crippen LogP contribution in [-0.2, 0) is 4.79 Å². The molecule has 0 spiro atoms. The minimum atomic E-state index is -1.06. The molecule has 0 aliphatic carbocycles. The second-order valence-electron chi connectivity index (χ2n) is 8.89. The fraction of sp³-hybridized carbons (Fsp3) is 0.435. The number of nitrogens with zero attached hydrogens (tertiary/aromatic N) is 2. The van der Waals surface area contributed by atoms with Crippen LogP contribution in [0.3, 0.4) is 0 Å². The van der Waals surface area contributed by atoms with Gasteiger partial charge in [0.2, 0.25) is 5.91 Å². The number of fused-ring (bicyclic) bond motifs is 2. The van der Waals surface area contributed by atoms with Crippen LogP contribution in [0.4, 0.5) is 5.82 Å². The number of halogens is 2. The highest BCUT2D eigenvalue weighted by molar-refractivity contribution is 6.35. The van der Waals surface area contributed by atoms with Gasteiger partial charge < -0.3 is 20.7 Å². The second kappa shape index (κ2) is 8.79. The van der Waals surface area contributed by atoms with Crippen molar-refractivity contribution in [3.63, 3.8) is 0 Å². The standard InChI is InChI=1S/C23H26Cl2N4O3/c1-23(2,32-19-7-4-14(24)9-18(19)25)22(31)29-16-5-6-17(29)11-15(10-16)28-20-8-3-13(12-27-20)21(26)30/h3-4,7-9,12,15-17H,5-6,10-11H2,1-2H3,(H2,26,30)(H,27,28)/t15-,16+,17-. The highest BCUT2D eigenvalue weighted by Crippen LogP contribution is 2.39. The van der Waals surface area contributed by atoms with Crippen LogP contribution >= 0.6 is 23.2 Å². The van der Waals surface area contributed by atoms with Gasteiger partial charge in [0.25, 0.3) is 5.91 Å². The summed E-state index contributed by atoms with van der Waals surface area (Å²) < 4.78 is 6.03.